The van der Waals surface area contributed by atoms with E-state index in [2.05, 4.69) is 10.3 Å². The minimum atomic E-state index is -4.46. The van der Waals surface area contributed by atoms with Crippen LogP contribution in [0.25, 0.3) is 10.8 Å². The third kappa shape index (κ3) is 7.68. The van der Waals surface area contributed by atoms with Gasteiger partial charge >= 0.3 is 18.4 Å². The summed E-state index contributed by atoms with van der Waals surface area (Å²) in [6.07, 6.45) is -7.73. The molecule has 5 nitrogen and oxygen atoms in total. The Kier molecular flexibility index (Phi) is 8.38. The SMILES string of the molecule is O=C(O)Nc1cccc2cnccc12.OC(Cc1ccc(C(F)(F)F)cc1)c1ccc(C(F)(F)F)cc1. The second-order valence-electron chi connectivity index (χ2n) is 7.87. The van der Waals surface area contributed by atoms with Crippen molar-refractivity contribution >= 4 is 22.6 Å². The Morgan fingerprint density at radius 2 is 1.41 bits per heavy atom. The minimum Gasteiger partial charge on any atom is -0.465 e. The number of benzene rings is 3. The summed E-state index contributed by atoms with van der Waals surface area (Å²) in [5.41, 5.74) is -0.339. The number of nitrogens with zero attached hydrogens (tertiary/aromatic N) is 1. The first kappa shape index (κ1) is 27.5. The van der Waals surface area contributed by atoms with E-state index in [-0.39, 0.29) is 12.0 Å². The number of hydrogen-bond acceptors (Lipinski definition) is 3. The highest BCUT2D eigenvalue weighted by Crippen LogP contribution is 2.31. The molecule has 1 unspecified atom stereocenters. The predicted octanol–water partition coefficient (Wildman–Crippen LogP) is 7.33. The summed E-state index contributed by atoms with van der Waals surface area (Å²) in [6, 6.07) is 15.4. The van der Waals surface area contributed by atoms with Gasteiger partial charge in [0.15, 0.2) is 0 Å². The predicted molar refractivity (Wildman–Crippen MR) is 125 cm³/mol. The molecule has 3 aromatic carbocycles. The van der Waals surface area contributed by atoms with Gasteiger partial charge in [-0.15, -0.1) is 0 Å². The van der Waals surface area contributed by atoms with Crippen molar-refractivity contribution in [3.8, 4) is 0 Å². The molecule has 0 saturated heterocycles. The van der Waals surface area contributed by atoms with E-state index in [1.165, 1.54) is 12.1 Å². The first-order valence-electron chi connectivity index (χ1n) is 10.7. The number of carboxylic acid groups (broad SMARTS) is 1. The molecule has 3 N–H and O–H groups in total. The molecule has 1 aromatic heterocycles. The standard InChI is InChI=1S/C16H12F6O.C10H8N2O2/c17-15(18,19)12-5-1-10(2-6-12)9-14(23)11-3-7-13(8-4-11)16(20,21)22;13-10(14)12-9-3-1-2-7-6-11-5-4-8(7)9/h1-8,14,23H,9H2;1-6,12H,(H,13,14). The van der Waals surface area contributed by atoms with Crippen LogP contribution < -0.4 is 5.32 Å². The molecule has 0 radical (unpaired) electrons. The Hall–Kier alpha value is -4.12. The lowest BCUT2D eigenvalue weighted by molar-refractivity contribution is -0.138. The average molecular weight is 522 g/mol. The Morgan fingerprint density at radius 1 is 0.838 bits per heavy atom. The smallest absolute Gasteiger partial charge is 0.416 e. The van der Waals surface area contributed by atoms with Gasteiger partial charge in [-0.1, -0.05) is 36.4 Å². The molecular weight excluding hydrogens is 502 g/mol. The van der Waals surface area contributed by atoms with Crippen LogP contribution in [-0.2, 0) is 18.8 Å². The van der Waals surface area contributed by atoms with Gasteiger partial charge < -0.3 is 10.2 Å². The topological polar surface area (TPSA) is 82.5 Å². The number of halogens is 6. The lowest BCUT2D eigenvalue weighted by Crippen LogP contribution is -2.07. The van der Waals surface area contributed by atoms with Crippen LogP contribution in [0.2, 0.25) is 0 Å². The van der Waals surface area contributed by atoms with Crippen LogP contribution in [-0.4, -0.2) is 21.3 Å². The first-order chi connectivity index (χ1) is 17.3. The number of hydrogen-bond donors (Lipinski definition) is 3. The van der Waals surface area contributed by atoms with Crippen LogP contribution in [0.1, 0.15) is 28.4 Å². The maximum atomic E-state index is 12.4. The average Bonchev–Trinajstić information content (AvgIpc) is 2.84. The van der Waals surface area contributed by atoms with Crippen molar-refractivity contribution in [2.45, 2.75) is 24.9 Å². The van der Waals surface area contributed by atoms with Gasteiger partial charge in [-0.05, 0) is 47.5 Å². The fraction of sp³-hybridized carbons (Fsp3) is 0.154. The number of rotatable bonds is 4. The van der Waals surface area contributed by atoms with Gasteiger partial charge in [0, 0.05) is 29.6 Å². The minimum absolute atomic E-state index is 0.00347. The Labute approximate surface area is 207 Å². The van der Waals surface area contributed by atoms with E-state index in [0.717, 1.165) is 47.2 Å². The molecule has 1 atom stereocenters. The number of fused-ring (bicyclic) bond motifs is 1. The monoisotopic (exact) mass is 522 g/mol. The van der Waals surface area contributed by atoms with Gasteiger partial charge in [0.05, 0.1) is 22.9 Å². The largest absolute Gasteiger partial charge is 0.465 e. The van der Waals surface area contributed by atoms with Crippen molar-refractivity contribution in [3.05, 3.63) is 107 Å². The van der Waals surface area contributed by atoms with E-state index in [9.17, 15) is 36.2 Å². The normalized spacial score (nSPS) is 12.4. The molecule has 0 saturated carbocycles. The van der Waals surface area contributed by atoms with Crippen LogP contribution in [0.3, 0.4) is 0 Å². The molecule has 0 fully saturated rings. The maximum absolute atomic E-state index is 12.4. The molecule has 4 rings (SSSR count). The van der Waals surface area contributed by atoms with Crippen molar-refractivity contribution in [2.75, 3.05) is 5.32 Å². The number of aliphatic hydroxyl groups excluding tert-OH is 1. The fourth-order valence-corrected chi connectivity index (χ4v) is 3.41. The molecule has 0 spiro atoms. The van der Waals surface area contributed by atoms with E-state index in [1.807, 2.05) is 6.07 Å². The van der Waals surface area contributed by atoms with Crippen LogP contribution in [0, 0.1) is 0 Å². The van der Waals surface area contributed by atoms with Gasteiger partial charge in [-0.3, -0.25) is 10.3 Å². The highest BCUT2D eigenvalue weighted by atomic mass is 19.4. The Bertz CT molecular complexity index is 1330. The molecule has 4 aromatic rings. The molecule has 0 aliphatic carbocycles. The summed E-state index contributed by atoms with van der Waals surface area (Å²) in [6.45, 7) is 0. The summed E-state index contributed by atoms with van der Waals surface area (Å²) >= 11 is 0. The molecule has 1 amide bonds. The molecule has 1 heterocycles. The number of alkyl halides is 6. The van der Waals surface area contributed by atoms with Crippen molar-refractivity contribution in [3.63, 3.8) is 0 Å². The summed E-state index contributed by atoms with van der Waals surface area (Å²) in [5.74, 6) is 0. The van der Waals surface area contributed by atoms with Crippen LogP contribution in [0.5, 0.6) is 0 Å². The molecule has 37 heavy (non-hydrogen) atoms. The third-order valence-electron chi connectivity index (χ3n) is 5.26. The van der Waals surface area contributed by atoms with E-state index in [0.29, 0.717) is 11.3 Å². The summed E-state index contributed by atoms with van der Waals surface area (Å²) < 4.78 is 74.7. The zero-order valence-corrected chi connectivity index (χ0v) is 18.9. The quantitative estimate of drug-likeness (QED) is 0.245. The Morgan fingerprint density at radius 3 is 1.95 bits per heavy atom. The van der Waals surface area contributed by atoms with Crippen LogP contribution in [0.15, 0.2) is 85.2 Å². The second kappa shape index (κ2) is 11.3. The molecule has 194 valence electrons. The molecule has 0 aliphatic heterocycles. The zero-order valence-electron chi connectivity index (χ0n) is 18.9. The number of aliphatic hydroxyl groups is 1. The first-order valence-corrected chi connectivity index (χ1v) is 10.7. The van der Waals surface area contributed by atoms with Crippen molar-refractivity contribution in [2.24, 2.45) is 0 Å². The number of pyridine rings is 1. The van der Waals surface area contributed by atoms with E-state index < -0.39 is 35.7 Å². The number of carbonyl (C=O) groups is 1. The third-order valence-corrected chi connectivity index (χ3v) is 5.26. The van der Waals surface area contributed by atoms with Gasteiger partial charge in [0.2, 0.25) is 0 Å². The summed E-state index contributed by atoms with van der Waals surface area (Å²) in [5, 5.41) is 22.7. The van der Waals surface area contributed by atoms with Gasteiger partial charge in [-0.25, -0.2) is 4.79 Å². The second-order valence-corrected chi connectivity index (χ2v) is 7.87. The lowest BCUT2D eigenvalue weighted by Gasteiger charge is -2.13. The fourth-order valence-electron chi connectivity index (χ4n) is 3.41. The van der Waals surface area contributed by atoms with Gasteiger partial charge in [0.25, 0.3) is 0 Å². The van der Waals surface area contributed by atoms with Crippen molar-refractivity contribution in [1.29, 1.82) is 0 Å². The van der Waals surface area contributed by atoms with E-state index in [4.69, 9.17) is 5.11 Å². The molecule has 11 heteroatoms. The number of aromatic nitrogens is 1. The van der Waals surface area contributed by atoms with E-state index >= 15 is 0 Å². The maximum Gasteiger partial charge on any atom is 0.416 e. The Balaban J connectivity index is 0.000000231. The number of nitrogens with one attached hydrogen (secondary N) is 1. The zero-order chi connectivity index (χ0) is 27.2. The molecule has 0 aliphatic rings. The van der Waals surface area contributed by atoms with Crippen LogP contribution >= 0.6 is 0 Å². The lowest BCUT2D eigenvalue weighted by atomic mass is 9.99. The van der Waals surface area contributed by atoms with Crippen LogP contribution in [0.4, 0.5) is 36.8 Å². The summed E-state index contributed by atoms with van der Waals surface area (Å²) in [7, 11) is 0. The van der Waals surface area contributed by atoms with Crippen molar-refractivity contribution < 1.29 is 41.4 Å². The van der Waals surface area contributed by atoms with Crippen molar-refractivity contribution in [1.82, 2.24) is 4.98 Å². The highest BCUT2D eigenvalue weighted by Gasteiger charge is 2.31. The molecular formula is C26H20F6N2O3. The van der Waals surface area contributed by atoms with Gasteiger partial charge in [-0.2, -0.15) is 26.3 Å². The summed E-state index contributed by atoms with van der Waals surface area (Å²) in [4.78, 5) is 14.4. The van der Waals surface area contributed by atoms with E-state index in [1.54, 1.807) is 30.6 Å². The number of amides is 1. The molecule has 0 bridgehead atoms. The highest BCUT2D eigenvalue weighted by molar-refractivity contribution is 5.99. The number of anilines is 1. The van der Waals surface area contributed by atoms with Gasteiger partial charge in [0.1, 0.15) is 0 Å².